The molecular weight excluding hydrogens is 261 g/mol. The highest BCUT2D eigenvalue weighted by atomic mass is 19.1. The SMILES string of the molecule is CCn1ncnc1CC(NN)c1ccc(OC)cc1F. The Morgan fingerprint density at radius 1 is 1.50 bits per heavy atom. The number of aryl methyl sites for hydroxylation is 1. The van der Waals surface area contributed by atoms with Crippen molar-refractivity contribution in [2.24, 2.45) is 5.84 Å². The molecule has 20 heavy (non-hydrogen) atoms. The molecule has 3 N–H and O–H groups in total. The average Bonchev–Trinajstić information content (AvgIpc) is 2.92. The minimum atomic E-state index is -0.379. The number of nitrogens with zero attached hydrogens (tertiary/aromatic N) is 3. The van der Waals surface area contributed by atoms with Crippen LogP contribution in [-0.4, -0.2) is 21.9 Å². The predicted molar refractivity (Wildman–Crippen MR) is 72.4 cm³/mol. The van der Waals surface area contributed by atoms with Gasteiger partial charge in [-0.25, -0.2) is 9.37 Å². The number of hydrogen-bond donors (Lipinski definition) is 2. The maximum atomic E-state index is 14.1. The normalized spacial score (nSPS) is 12.4. The van der Waals surface area contributed by atoms with Crippen LogP contribution in [0.1, 0.15) is 24.4 Å². The molecule has 0 aliphatic heterocycles. The summed E-state index contributed by atoms with van der Waals surface area (Å²) in [5, 5.41) is 4.09. The molecule has 2 aromatic rings. The minimum Gasteiger partial charge on any atom is -0.497 e. The highest BCUT2D eigenvalue weighted by molar-refractivity contribution is 5.31. The lowest BCUT2D eigenvalue weighted by atomic mass is 10.0. The van der Waals surface area contributed by atoms with Crippen LogP contribution in [0.4, 0.5) is 4.39 Å². The number of halogens is 1. The fourth-order valence-corrected chi connectivity index (χ4v) is 2.07. The van der Waals surface area contributed by atoms with Gasteiger partial charge in [0.25, 0.3) is 0 Å². The number of methoxy groups -OCH3 is 1. The third kappa shape index (κ3) is 2.94. The number of benzene rings is 1. The van der Waals surface area contributed by atoms with Gasteiger partial charge >= 0.3 is 0 Å². The van der Waals surface area contributed by atoms with Crippen LogP contribution in [0, 0.1) is 5.82 Å². The number of ether oxygens (including phenoxy) is 1. The fourth-order valence-electron chi connectivity index (χ4n) is 2.07. The van der Waals surface area contributed by atoms with Crippen molar-refractivity contribution in [1.82, 2.24) is 20.2 Å². The first-order chi connectivity index (χ1) is 9.69. The Labute approximate surface area is 116 Å². The van der Waals surface area contributed by atoms with Crippen molar-refractivity contribution in [2.45, 2.75) is 25.9 Å². The second-order valence-corrected chi connectivity index (χ2v) is 4.30. The van der Waals surface area contributed by atoms with E-state index < -0.39 is 0 Å². The van der Waals surface area contributed by atoms with Gasteiger partial charge in [0.1, 0.15) is 23.7 Å². The molecule has 0 aliphatic rings. The Bertz CT molecular complexity index is 572. The van der Waals surface area contributed by atoms with E-state index >= 15 is 0 Å². The van der Waals surface area contributed by atoms with Crippen molar-refractivity contribution in [1.29, 1.82) is 0 Å². The van der Waals surface area contributed by atoms with Crippen LogP contribution in [0.3, 0.4) is 0 Å². The molecule has 0 saturated carbocycles. The van der Waals surface area contributed by atoms with Gasteiger partial charge in [0.15, 0.2) is 0 Å². The van der Waals surface area contributed by atoms with E-state index in [-0.39, 0.29) is 11.9 Å². The summed E-state index contributed by atoms with van der Waals surface area (Å²) in [5.41, 5.74) is 3.10. The molecule has 0 fully saturated rings. The third-order valence-corrected chi connectivity index (χ3v) is 3.17. The van der Waals surface area contributed by atoms with Gasteiger partial charge in [0, 0.05) is 24.6 Å². The van der Waals surface area contributed by atoms with Crippen molar-refractivity contribution in [2.75, 3.05) is 7.11 Å². The van der Waals surface area contributed by atoms with E-state index in [1.54, 1.807) is 16.8 Å². The molecule has 2 rings (SSSR count). The van der Waals surface area contributed by atoms with Crippen LogP contribution in [-0.2, 0) is 13.0 Å². The van der Waals surface area contributed by atoms with Gasteiger partial charge < -0.3 is 4.74 Å². The van der Waals surface area contributed by atoms with Gasteiger partial charge in [0.05, 0.1) is 13.2 Å². The summed E-state index contributed by atoms with van der Waals surface area (Å²) in [5.74, 6) is 6.41. The Hall–Kier alpha value is -1.99. The van der Waals surface area contributed by atoms with Gasteiger partial charge in [-0.2, -0.15) is 5.10 Å². The number of nitrogens with one attached hydrogen (secondary N) is 1. The van der Waals surface area contributed by atoms with E-state index in [1.807, 2.05) is 6.92 Å². The van der Waals surface area contributed by atoms with Crippen LogP contribution in [0.5, 0.6) is 5.75 Å². The standard InChI is InChI=1S/C13H18FN5O/c1-3-19-13(16-8-17-19)7-12(18-15)10-5-4-9(20-2)6-11(10)14/h4-6,8,12,18H,3,7,15H2,1-2H3. The van der Waals surface area contributed by atoms with Crippen molar-refractivity contribution in [3.8, 4) is 5.75 Å². The average molecular weight is 279 g/mol. The summed E-state index contributed by atoms with van der Waals surface area (Å²) in [6.07, 6.45) is 1.93. The quantitative estimate of drug-likeness (QED) is 0.613. The third-order valence-electron chi connectivity index (χ3n) is 3.17. The molecule has 0 spiro atoms. The molecule has 1 unspecified atom stereocenters. The van der Waals surface area contributed by atoms with E-state index in [0.717, 1.165) is 5.82 Å². The molecule has 1 aromatic carbocycles. The van der Waals surface area contributed by atoms with Crippen LogP contribution in [0.15, 0.2) is 24.5 Å². The molecule has 0 amide bonds. The summed E-state index contributed by atoms with van der Waals surface area (Å²) in [6, 6.07) is 4.32. The largest absolute Gasteiger partial charge is 0.497 e. The molecule has 0 saturated heterocycles. The molecule has 1 aromatic heterocycles. The number of hydrazine groups is 1. The van der Waals surface area contributed by atoms with Crippen LogP contribution < -0.4 is 16.0 Å². The molecule has 7 heteroatoms. The number of nitrogens with two attached hydrogens (primary N) is 1. The first-order valence-electron chi connectivity index (χ1n) is 6.35. The van der Waals surface area contributed by atoms with E-state index in [4.69, 9.17) is 10.6 Å². The van der Waals surface area contributed by atoms with Crippen LogP contribution in [0.25, 0.3) is 0 Å². The second-order valence-electron chi connectivity index (χ2n) is 4.30. The van der Waals surface area contributed by atoms with E-state index in [2.05, 4.69) is 15.5 Å². The summed E-state index contributed by atoms with van der Waals surface area (Å²) in [4.78, 5) is 4.17. The molecule has 108 valence electrons. The zero-order valence-electron chi connectivity index (χ0n) is 11.5. The topological polar surface area (TPSA) is 78.0 Å². The van der Waals surface area contributed by atoms with Crippen LogP contribution >= 0.6 is 0 Å². The number of rotatable bonds is 6. The molecule has 1 heterocycles. The van der Waals surface area contributed by atoms with Crippen LogP contribution in [0.2, 0.25) is 0 Å². The minimum absolute atomic E-state index is 0.366. The van der Waals surface area contributed by atoms with Crippen molar-refractivity contribution >= 4 is 0 Å². The lowest BCUT2D eigenvalue weighted by Gasteiger charge is -2.17. The lowest BCUT2D eigenvalue weighted by molar-refractivity contribution is 0.408. The van der Waals surface area contributed by atoms with Crippen molar-refractivity contribution in [3.05, 3.63) is 41.7 Å². The monoisotopic (exact) mass is 279 g/mol. The predicted octanol–water partition coefficient (Wildman–Crippen LogP) is 1.19. The summed E-state index contributed by atoms with van der Waals surface area (Å²) < 4.78 is 20.8. The molecular formula is C13H18FN5O. The lowest BCUT2D eigenvalue weighted by Crippen LogP contribution is -2.31. The van der Waals surface area contributed by atoms with Gasteiger partial charge in [-0.15, -0.1) is 0 Å². The summed E-state index contributed by atoms with van der Waals surface area (Å²) in [7, 11) is 1.50. The molecule has 0 radical (unpaired) electrons. The fraction of sp³-hybridized carbons (Fsp3) is 0.385. The van der Waals surface area contributed by atoms with Crippen molar-refractivity contribution in [3.63, 3.8) is 0 Å². The zero-order chi connectivity index (χ0) is 14.5. The Kier molecular flexibility index (Phi) is 4.65. The maximum Gasteiger partial charge on any atom is 0.138 e. The Balaban J connectivity index is 2.24. The van der Waals surface area contributed by atoms with E-state index in [9.17, 15) is 4.39 Å². The number of aromatic nitrogens is 3. The number of hydrogen-bond acceptors (Lipinski definition) is 5. The van der Waals surface area contributed by atoms with Crippen molar-refractivity contribution < 1.29 is 9.13 Å². The van der Waals surface area contributed by atoms with Gasteiger partial charge in [-0.05, 0) is 13.0 Å². The van der Waals surface area contributed by atoms with E-state index in [1.165, 1.54) is 19.5 Å². The molecule has 0 bridgehead atoms. The summed E-state index contributed by atoms with van der Waals surface area (Å²) in [6.45, 7) is 2.68. The Morgan fingerprint density at radius 3 is 2.90 bits per heavy atom. The first-order valence-corrected chi connectivity index (χ1v) is 6.35. The maximum absolute atomic E-state index is 14.1. The second kappa shape index (κ2) is 6.44. The van der Waals surface area contributed by atoms with Gasteiger partial charge in [-0.3, -0.25) is 16.0 Å². The molecule has 0 aliphatic carbocycles. The summed E-state index contributed by atoms with van der Waals surface area (Å²) >= 11 is 0. The first kappa shape index (κ1) is 14.4. The smallest absolute Gasteiger partial charge is 0.138 e. The van der Waals surface area contributed by atoms with Gasteiger partial charge in [-0.1, -0.05) is 6.07 Å². The zero-order valence-corrected chi connectivity index (χ0v) is 11.5. The molecule has 6 nitrogen and oxygen atoms in total. The highest BCUT2D eigenvalue weighted by Crippen LogP contribution is 2.23. The Morgan fingerprint density at radius 2 is 2.30 bits per heavy atom. The highest BCUT2D eigenvalue weighted by Gasteiger charge is 2.18. The van der Waals surface area contributed by atoms with Gasteiger partial charge in [0.2, 0.25) is 0 Å². The molecule has 1 atom stereocenters. The van der Waals surface area contributed by atoms with E-state index in [0.29, 0.717) is 24.3 Å².